The van der Waals surface area contributed by atoms with Crippen LogP contribution in [0.1, 0.15) is 32.6 Å². The minimum atomic E-state index is -1.15. The molecule has 0 saturated heterocycles. The van der Waals surface area contributed by atoms with Crippen LogP contribution in [0, 0.1) is 5.92 Å². The second kappa shape index (κ2) is 6.11. The molecule has 0 unspecified atom stereocenters. The molecule has 1 heterocycles. The first kappa shape index (κ1) is 15.3. The number of aromatic nitrogens is 1. The van der Waals surface area contributed by atoms with Crippen LogP contribution in [-0.4, -0.2) is 34.7 Å². The minimum absolute atomic E-state index is 0.417. The Labute approximate surface area is 124 Å². The van der Waals surface area contributed by atoms with Crippen molar-refractivity contribution in [1.82, 2.24) is 10.3 Å². The fourth-order valence-corrected chi connectivity index (χ4v) is 2.61. The number of nitrogens with zero attached hydrogens (tertiary/aromatic N) is 2. The predicted molar refractivity (Wildman–Crippen MR) is 79.2 cm³/mol. The molecule has 0 bridgehead atoms. The van der Waals surface area contributed by atoms with Gasteiger partial charge in [-0.05, 0) is 43.7 Å². The number of hydrogen-bond acceptors (Lipinski definition) is 3. The van der Waals surface area contributed by atoms with Crippen LogP contribution < -0.4 is 10.2 Å². The van der Waals surface area contributed by atoms with E-state index in [4.69, 9.17) is 0 Å². The maximum Gasteiger partial charge on any atom is 0.329 e. The molecule has 1 saturated carbocycles. The van der Waals surface area contributed by atoms with Gasteiger partial charge in [-0.3, -0.25) is 9.88 Å². The summed E-state index contributed by atoms with van der Waals surface area (Å²) in [6.45, 7) is 2.11. The predicted octanol–water partition coefficient (Wildman–Crippen LogP) is 2.26. The Balaban J connectivity index is 2.10. The van der Waals surface area contributed by atoms with Crippen molar-refractivity contribution in [3.8, 4) is 0 Å². The average molecular weight is 291 g/mol. The molecule has 6 nitrogen and oxygen atoms in total. The van der Waals surface area contributed by atoms with Crippen LogP contribution in [0.25, 0.3) is 0 Å². The molecule has 114 valence electrons. The monoisotopic (exact) mass is 291 g/mol. The third-order valence-corrected chi connectivity index (χ3v) is 4.22. The van der Waals surface area contributed by atoms with Gasteiger partial charge in [0.15, 0.2) is 0 Å². The van der Waals surface area contributed by atoms with Crippen LogP contribution in [0.5, 0.6) is 0 Å². The van der Waals surface area contributed by atoms with Crippen molar-refractivity contribution in [3.63, 3.8) is 0 Å². The van der Waals surface area contributed by atoms with Crippen LogP contribution in [0.2, 0.25) is 0 Å². The van der Waals surface area contributed by atoms with Gasteiger partial charge in [-0.15, -0.1) is 0 Å². The smallest absolute Gasteiger partial charge is 0.329 e. The molecule has 2 N–H and O–H groups in total. The van der Waals surface area contributed by atoms with E-state index in [2.05, 4.69) is 17.2 Å². The number of carbonyl (C=O) groups is 2. The van der Waals surface area contributed by atoms with Crippen molar-refractivity contribution in [1.29, 1.82) is 0 Å². The maximum absolute atomic E-state index is 12.3. The molecule has 0 atom stereocenters. The largest absolute Gasteiger partial charge is 0.480 e. The number of urea groups is 1. The summed E-state index contributed by atoms with van der Waals surface area (Å²) in [4.78, 5) is 29.3. The Morgan fingerprint density at radius 2 is 2.10 bits per heavy atom. The van der Waals surface area contributed by atoms with E-state index in [0.717, 1.165) is 12.8 Å². The molecule has 0 spiro atoms. The van der Waals surface area contributed by atoms with E-state index in [0.29, 0.717) is 24.4 Å². The first-order valence-electron chi connectivity index (χ1n) is 7.14. The number of amides is 2. The fourth-order valence-electron chi connectivity index (χ4n) is 2.61. The van der Waals surface area contributed by atoms with Gasteiger partial charge in [0, 0.05) is 13.2 Å². The van der Waals surface area contributed by atoms with Crippen LogP contribution in [0.4, 0.5) is 10.5 Å². The molecule has 1 aliphatic carbocycles. The summed E-state index contributed by atoms with van der Waals surface area (Å²) in [6, 6.07) is 3.07. The number of anilines is 1. The van der Waals surface area contributed by atoms with E-state index in [1.807, 2.05) is 0 Å². The van der Waals surface area contributed by atoms with E-state index < -0.39 is 17.5 Å². The Hall–Kier alpha value is -2.11. The first-order valence-corrected chi connectivity index (χ1v) is 7.14. The molecule has 21 heavy (non-hydrogen) atoms. The van der Waals surface area contributed by atoms with E-state index in [1.54, 1.807) is 31.6 Å². The summed E-state index contributed by atoms with van der Waals surface area (Å²) in [5, 5.41) is 12.2. The summed E-state index contributed by atoms with van der Waals surface area (Å²) in [7, 11) is 1.60. The number of rotatable bonds is 3. The number of carboxylic acids is 1. The number of hydrogen-bond donors (Lipinski definition) is 2. The summed E-state index contributed by atoms with van der Waals surface area (Å²) in [5.41, 5.74) is -0.528. The quantitative estimate of drug-likeness (QED) is 0.895. The number of nitrogens with one attached hydrogen (secondary N) is 1. The zero-order valence-electron chi connectivity index (χ0n) is 12.4. The molecule has 6 heteroatoms. The van der Waals surface area contributed by atoms with Gasteiger partial charge in [-0.25, -0.2) is 9.59 Å². The molecule has 2 amide bonds. The Morgan fingerprint density at radius 3 is 2.62 bits per heavy atom. The summed E-state index contributed by atoms with van der Waals surface area (Å²) in [5.74, 6) is -0.451. The molecule has 1 aromatic heterocycles. The van der Waals surface area contributed by atoms with Gasteiger partial charge in [0.25, 0.3) is 0 Å². The highest BCUT2D eigenvalue weighted by Crippen LogP contribution is 2.32. The summed E-state index contributed by atoms with van der Waals surface area (Å²) in [6.07, 6.45) is 5.74. The highest BCUT2D eigenvalue weighted by Gasteiger charge is 2.43. The third kappa shape index (κ3) is 3.32. The summed E-state index contributed by atoms with van der Waals surface area (Å²) >= 11 is 0. The summed E-state index contributed by atoms with van der Waals surface area (Å²) < 4.78 is 0. The lowest BCUT2D eigenvalue weighted by molar-refractivity contribution is -0.146. The Kier molecular flexibility index (Phi) is 4.45. The molecule has 1 aromatic rings. The van der Waals surface area contributed by atoms with Gasteiger partial charge < -0.3 is 10.4 Å². The number of aliphatic carboxylic acids is 1. The fraction of sp³-hybridized carbons (Fsp3) is 0.533. The Bertz CT molecular complexity index is 510. The molecule has 1 fully saturated rings. The van der Waals surface area contributed by atoms with Gasteiger partial charge in [0.2, 0.25) is 0 Å². The van der Waals surface area contributed by atoms with Crippen LogP contribution in [0.15, 0.2) is 24.5 Å². The molecule has 0 radical (unpaired) electrons. The van der Waals surface area contributed by atoms with Crippen molar-refractivity contribution < 1.29 is 14.7 Å². The zero-order valence-corrected chi connectivity index (χ0v) is 12.4. The van der Waals surface area contributed by atoms with Crippen molar-refractivity contribution in [2.24, 2.45) is 5.92 Å². The lowest BCUT2D eigenvalue weighted by Gasteiger charge is -2.37. The van der Waals surface area contributed by atoms with Crippen molar-refractivity contribution in [2.45, 2.75) is 38.1 Å². The van der Waals surface area contributed by atoms with E-state index >= 15 is 0 Å². The van der Waals surface area contributed by atoms with E-state index in [9.17, 15) is 14.7 Å². The second-order valence-electron chi connectivity index (χ2n) is 5.77. The molecular formula is C15H21N3O3. The zero-order chi connectivity index (χ0) is 15.5. The van der Waals surface area contributed by atoms with Crippen molar-refractivity contribution in [3.05, 3.63) is 24.5 Å². The lowest BCUT2D eigenvalue weighted by atomic mass is 9.77. The third-order valence-electron chi connectivity index (χ3n) is 4.22. The van der Waals surface area contributed by atoms with E-state index in [-0.39, 0.29) is 0 Å². The lowest BCUT2D eigenvalue weighted by Crippen LogP contribution is -2.58. The first-order chi connectivity index (χ1) is 9.94. The topological polar surface area (TPSA) is 82.5 Å². The minimum Gasteiger partial charge on any atom is -0.480 e. The average Bonchev–Trinajstić information content (AvgIpc) is 2.49. The normalized spacial score (nSPS) is 25.1. The van der Waals surface area contributed by atoms with E-state index in [1.165, 1.54) is 4.90 Å². The van der Waals surface area contributed by atoms with Gasteiger partial charge >= 0.3 is 12.0 Å². The van der Waals surface area contributed by atoms with Gasteiger partial charge in [-0.2, -0.15) is 0 Å². The van der Waals surface area contributed by atoms with Crippen molar-refractivity contribution >= 4 is 17.7 Å². The number of pyridine rings is 1. The highest BCUT2D eigenvalue weighted by molar-refractivity contribution is 5.95. The second-order valence-corrected chi connectivity index (χ2v) is 5.77. The van der Waals surface area contributed by atoms with Crippen LogP contribution in [0.3, 0.4) is 0 Å². The van der Waals surface area contributed by atoms with Crippen LogP contribution >= 0.6 is 0 Å². The van der Waals surface area contributed by atoms with Crippen LogP contribution in [-0.2, 0) is 4.79 Å². The van der Waals surface area contributed by atoms with Gasteiger partial charge in [0.1, 0.15) is 5.54 Å². The van der Waals surface area contributed by atoms with Crippen molar-refractivity contribution in [2.75, 3.05) is 11.9 Å². The number of carbonyl (C=O) groups excluding carboxylic acids is 1. The molecule has 0 aromatic carbocycles. The molecule has 2 rings (SSSR count). The maximum atomic E-state index is 12.3. The van der Waals surface area contributed by atoms with Gasteiger partial charge in [-0.1, -0.05) is 6.92 Å². The standard InChI is InChI=1S/C15H21N3O3/c1-11-5-7-15(8-6-11,13(19)20)17-14(21)18(2)12-4-3-9-16-10-12/h3-4,9-11H,5-8H2,1-2H3,(H,17,21)(H,19,20). The SMILES string of the molecule is CC1CCC(NC(=O)N(C)c2cccnc2)(C(=O)O)CC1. The van der Waals surface area contributed by atoms with Gasteiger partial charge in [0.05, 0.1) is 11.9 Å². The molecule has 1 aliphatic rings. The number of carboxylic acid groups (broad SMARTS) is 1. The molecular weight excluding hydrogens is 270 g/mol. The highest BCUT2D eigenvalue weighted by atomic mass is 16.4. The molecule has 0 aliphatic heterocycles. The Morgan fingerprint density at radius 1 is 1.43 bits per heavy atom.